The summed E-state index contributed by atoms with van der Waals surface area (Å²) in [5, 5.41) is 17.1. The molecule has 0 unspecified atom stereocenters. The van der Waals surface area contributed by atoms with Gasteiger partial charge >= 0.3 is 5.97 Å². The number of rotatable bonds is 14. The third-order valence-corrected chi connectivity index (χ3v) is 4.56. The molecule has 0 aromatic carbocycles. The van der Waals surface area contributed by atoms with Crippen molar-refractivity contribution in [3.8, 4) is 0 Å². The normalized spacial score (nSPS) is 15.2. The van der Waals surface area contributed by atoms with E-state index in [2.05, 4.69) is 16.0 Å². The molecule has 0 radical (unpaired) electrons. The molecule has 0 bridgehead atoms. The van der Waals surface area contributed by atoms with Gasteiger partial charge < -0.3 is 32.5 Å². The molecule has 0 aliphatic rings. The molecule has 30 heavy (non-hydrogen) atoms. The van der Waals surface area contributed by atoms with E-state index in [-0.39, 0.29) is 18.3 Å². The van der Waals surface area contributed by atoms with Gasteiger partial charge in [0.05, 0.1) is 6.04 Å². The van der Waals surface area contributed by atoms with Crippen molar-refractivity contribution in [1.29, 1.82) is 0 Å². The molecule has 10 heteroatoms. The molecule has 0 saturated carbocycles. The number of carbonyl (C=O) groups is 4. The summed E-state index contributed by atoms with van der Waals surface area (Å²) >= 11 is 0. The van der Waals surface area contributed by atoms with E-state index in [1.807, 2.05) is 13.8 Å². The predicted molar refractivity (Wildman–Crippen MR) is 114 cm³/mol. The number of unbranched alkanes of at least 4 members (excludes halogenated alkanes) is 1. The summed E-state index contributed by atoms with van der Waals surface area (Å²) in [4.78, 5) is 49.0. The van der Waals surface area contributed by atoms with Gasteiger partial charge in [-0.15, -0.1) is 0 Å². The number of amides is 3. The quantitative estimate of drug-likeness (QED) is 0.205. The summed E-state index contributed by atoms with van der Waals surface area (Å²) in [6.07, 6.45) is 1.91. The number of carbonyl (C=O) groups excluding carboxylic acids is 3. The molecule has 0 heterocycles. The molecule has 0 aromatic rings. The number of carboxylic acid groups (broad SMARTS) is 1. The predicted octanol–water partition coefficient (Wildman–Crippen LogP) is -0.296. The minimum absolute atomic E-state index is 0.0684. The third kappa shape index (κ3) is 10.5. The van der Waals surface area contributed by atoms with Crippen LogP contribution >= 0.6 is 0 Å². The Bertz CT molecular complexity index is 580. The van der Waals surface area contributed by atoms with Crippen molar-refractivity contribution in [3.05, 3.63) is 0 Å². The zero-order chi connectivity index (χ0) is 23.4. The fourth-order valence-electron chi connectivity index (χ4n) is 2.81. The molecule has 174 valence electrons. The standard InChI is InChI=1S/C20H39N5O5/c1-11(2)10-15(20(29)30)24-19(28)16(12(3)4)25-18(27)14(8-6-7-9-21)23-17(26)13(5)22/h11-16H,6-10,21-22H2,1-5H3,(H,23,26)(H,24,28)(H,25,27)(H,29,30)/t13-,14-,15-,16-/m0/s1. The second-order valence-electron chi connectivity index (χ2n) is 8.39. The van der Waals surface area contributed by atoms with Gasteiger partial charge in [-0.1, -0.05) is 27.7 Å². The van der Waals surface area contributed by atoms with E-state index < -0.39 is 47.9 Å². The Kier molecular flexibility index (Phi) is 12.9. The molecule has 10 nitrogen and oxygen atoms in total. The minimum Gasteiger partial charge on any atom is -0.480 e. The highest BCUT2D eigenvalue weighted by Crippen LogP contribution is 2.09. The third-order valence-electron chi connectivity index (χ3n) is 4.56. The van der Waals surface area contributed by atoms with Gasteiger partial charge in [-0.2, -0.15) is 0 Å². The van der Waals surface area contributed by atoms with Crippen molar-refractivity contribution in [2.24, 2.45) is 23.3 Å². The van der Waals surface area contributed by atoms with Gasteiger partial charge in [-0.3, -0.25) is 14.4 Å². The summed E-state index contributed by atoms with van der Waals surface area (Å²) in [6, 6.07) is -3.65. The zero-order valence-corrected chi connectivity index (χ0v) is 18.7. The van der Waals surface area contributed by atoms with E-state index in [1.165, 1.54) is 6.92 Å². The van der Waals surface area contributed by atoms with Crippen molar-refractivity contribution in [2.45, 2.75) is 84.5 Å². The van der Waals surface area contributed by atoms with Gasteiger partial charge in [0.25, 0.3) is 0 Å². The Hall–Kier alpha value is -2.20. The zero-order valence-electron chi connectivity index (χ0n) is 18.7. The molecular weight excluding hydrogens is 390 g/mol. The van der Waals surface area contributed by atoms with Crippen LogP contribution in [-0.4, -0.2) is 59.5 Å². The first-order chi connectivity index (χ1) is 13.9. The minimum atomic E-state index is -1.13. The van der Waals surface area contributed by atoms with E-state index in [0.717, 1.165) is 0 Å². The Morgan fingerprint density at radius 2 is 1.40 bits per heavy atom. The number of carboxylic acids is 1. The summed E-state index contributed by atoms with van der Waals surface area (Å²) in [6.45, 7) is 9.17. The monoisotopic (exact) mass is 429 g/mol. The van der Waals surface area contributed by atoms with Gasteiger partial charge in [0, 0.05) is 0 Å². The lowest BCUT2D eigenvalue weighted by atomic mass is 9.99. The molecule has 0 aromatic heterocycles. The Morgan fingerprint density at radius 3 is 1.83 bits per heavy atom. The molecular formula is C20H39N5O5. The fraction of sp³-hybridized carbons (Fsp3) is 0.800. The smallest absolute Gasteiger partial charge is 0.326 e. The first kappa shape index (κ1) is 27.8. The van der Waals surface area contributed by atoms with Crippen LogP contribution in [0.4, 0.5) is 0 Å². The van der Waals surface area contributed by atoms with Crippen LogP contribution in [-0.2, 0) is 19.2 Å². The highest BCUT2D eigenvalue weighted by atomic mass is 16.4. The van der Waals surface area contributed by atoms with Gasteiger partial charge in [0.1, 0.15) is 18.1 Å². The number of nitrogens with two attached hydrogens (primary N) is 2. The molecule has 4 atom stereocenters. The molecule has 0 aliphatic heterocycles. The van der Waals surface area contributed by atoms with Crippen molar-refractivity contribution in [1.82, 2.24) is 16.0 Å². The maximum absolute atomic E-state index is 12.8. The van der Waals surface area contributed by atoms with E-state index in [1.54, 1.807) is 13.8 Å². The van der Waals surface area contributed by atoms with Crippen LogP contribution in [0, 0.1) is 11.8 Å². The number of hydrogen-bond donors (Lipinski definition) is 6. The molecule has 0 spiro atoms. The molecule has 0 aliphatic carbocycles. The topological polar surface area (TPSA) is 177 Å². The van der Waals surface area contributed by atoms with Crippen LogP contribution in [0.1, 0.15) is 60.3 Å². The summed E-state index contributed by atoms with van der Waals surface area (Å²) in [5.41, 5.74) is 11.1. The molecule has 3 amide bonds. The van der Waals surface area contributed by atoms with Crippen LogP contribution in [0.3, 0.4) is 0 Å². The van der Waals surface area contributed by atoms with Crippen LogP contribution in [0.5, 0.6) is 0 Å². The largest absolute Gasteiger partial charge is 0.480 e. The Morgan fingerprint density at radius 1 is 0.833 bits per heavy atom. The van der Waals surface area contributed by atoms with E-state index >= 15 is 0 Å². The van der Waals surface area contributed by atoms with Gasteiger partial charge in [0.15, 0.2) is 0 Å². The number of hydrogen-bond acceptors (Lipinski definition) is 6. The molecule has 0 rings (SSSR count). The van der Waals surface area contributed by atoms with Crippen LogP contribution in [0.15, 0.2) is 0 Å². The first-order valence-electron chi connectivity index (χ1n) is 10.5. The van der Waals surface area contributed by atoms with Crippen molar-refractivity contribution >= 4 is 23.7 Å². The molecule has 0 saturated heterocycles. The van der Waals surface area contributed by atoms with Gasteiger partial charge in [-0.25, -0.2) is 4.79 Å². The maximum atomic E-state index is 12.8. The van der Waals surface area contributed by atoms with Gasteiger partial charge in [0.2, 0.25) is 17.7 Å². The molecule has 0 fully saturated rings. The number of aliphatic carboxylic acids is 1. The Balaban J connectivity index is 5.31. The highest BCUT2D eigenvalue weighted by Gasteiger charge is 2.31. The van der Waals surface area contributed by atoms with Crippen molar-refractivity contribution in [2.75, 3.05) is 6.54 Å². The lowest BCUT2D eigenvalue weighted by molar-refractivity contribution is -0.143. The van der Waals surface area contributed by atoms with Gasteiger partial charge in [-0.05, 0) is 51.0 Å². The van der Waals surface area contributed by atoms with Crippen molar-refractivity contribution < 1.29 is 24.3 Å². The van der Waals surface area contributed by atoms with Crippen LogP contribution in [0.2, 0.25) is 0 Å². The average Bonchev–Trinajstić information content (AvgIpc) is 2.63. The second kappa shape index (κ2) is 13.9. The van der Waals surface area contributed by atoms with E-state index in [9.17, 15) is 24.3 Å². The van der Waals surface area contributed by atoms with E-state index in [0.29, 0.717) is 25.8 Å². The first-order valence-corrected chi connectivity index (χ1v) is 10.5. The highest BCUT2D eigenvalue weighted by molar-refractivity contribution is 5.94. The lowest BCUT2D eigenvalue weighted by Gasteiger charge is -2.27. The average molecular weight is 430 g/mol. The SMILES string of the molecule is CC(C)C[C@H](NC(=O)[C@@H](NC(=O)[C@H](CCCCN)NC(=O)[C@H](C)N)C(C)C)C(=O)O. The fourth-order valence-corrected chi connectivity index (χ4v) is 2.81. The summed E-state index contributed by atoms with van der Waals surface area (Å²) in [5.74, 6) is -2.93. The van der Waals surface area contributed by atoms with Crippen LogP contribution < -0.4 is 27.4 Å². The molecule has 8 N–H and O–H groups in total. The summed E-state index contributed by atoms with van der Waals surface area (Å²) < 4.78 is 0. The van der Waals surface area contributed by atoms with Crippen LogP contribution in [0.25, 0.3) is 0 Å². The lowest BCUT2D eigenvalue weighted by Crippen LogP contribution is -2.58. The van der Waals surface area contributed by atoms with E-state index in [4.69, 9.17) is 11.5 Å². The second-order valence-corrected chi connectivity index (χ2v) is 8.39. The summed E-state index contributed by atoms with van der Waals surface area (Å²) in [7, 11) is 0. The van der Waals surface area contributed by atoms with Crippen molar-refractivity contribution in [3.63, 3.8) is 0 Å². The Labute approximate surface area is 178 Å². The maximum Gasteiger partial charge on any atom is 0.326 e. The number of nitrogens with one attached hydrogen (secondary N) is 3.